The minimum absolute atomic E-state index is 0.529. The van der Waals surface area contributed by atoms with Crippen molar-refractivity contribution in [3.8, 4) is 44.8 Å². The lowest BCUT2D eigenvalue weighted by molar-refractivity contribution is 0.620. The molecule has 0 saturated heterocycles. The number of oxazole rings is 1. The van der Waals surface area contributed by atoms with Crippen molar-refractivity contribution in [2.24, 2.45) is 0 Å². The van der Waals surface area contributed by atoms with Crippen molar-refractivity contribution in [2.45, 2.75) is 0 Å². The van der Waals surface area contributed by atoms with Crippen LogP contribution in [0.4, 0.5) is 17.1 Å². The Morgan fingerprint density at radius 3 is 1.67 bits per heavy atom. The number of hydrogen-bond acceptors (Lipinski definition) is 4. The van der Waals surface area contributed by atoms with Gasteiger partial charge in [0.05, 0.1) is 11.3 Å². The summed E-state index contributed by atoms with van der Waals surface area (Å²) < 4.78 is 13.5. The van der Waals surface area contributed by atoms with E-state index >= 15 is 0 Å². The Hall–Kier alpha value is -7.69. The Bertz CT molecular complexity index is 3130. The van der Waals surface area contributed by atoms with Gasteiger partial charge in [0.25, 0.3) is 0 Å². The molecule has 57 heavy (non-hydrogen) atoms. The molecule has 0 bridgehead atoms. The Kier molecular flexibility index (Phi) is 7.78. The van der Waals surface area contributed by atoms with Crippen LogP contribution in [0.25, 0.3) is 88.6 Å². The number of hydrogen-bond donors (Lipinski definition) is 0. The molecule has 0 aliphatic carbocycles. The van der Waals surface area contributed by atoms with Crippen molar-refractivity contribution in [3.63, 3.8) is 0 Å². The summed E-state index contributed by atoms with van der Waals surface area (Å²) >= 11 is 0. The minimum Gasteiger partial charge on any atom is -0.455 e. The van der Waals surface area contributed by atoms with Crippen molar-refractivity contribution >= 4 is 60.9 Å². The summed E-state index contributed by atoms with van der Waals surface area (Å²) in [6.45, 7) is 0. The lowest BCUT2D eigenvalue weighted by atomic mass is 9.96. The van der Waals surface area contributed by atoms with Crippen molar-refractivity contribution in [3.05, 3.63) is 206 Å². The topological polar surface area (TPSA) is 42.4 Å². The van der Waals surface area contributed by atoms with E-state index in [4.69, 9.17) is 13.8 Å². The number of nitrogens with zero attached hydrogens (tertiary/aromatic N) is 2. The molecule has 0 atom stereocenters. The van der Waals surface area contributed by atoms with Crippen LogP contribution in [0.3, 0.4) is 0 Å². The number of anilines is 3. The van der Waals surface area contributed by atoms with E-state index in [2.05, 4.69) is 187 Å². The maximum atomic E-state index is 6.78. The summed E-state index contributed by atoms with van der Waals surface area (Å²) in [7, 11) is 0. The second kappa shape index (κ2) is 13.6. The summed E-state index contributed by atoms with van der Waals surface area (Å²) in [5.74, 6) is 0.529. The van der Waals surface area contributed by atoms with Gasteiger partial charge >= 0.3 is 0 Å². The SMILES string of the molecule is c1ccc(-c2ccc(N(c3cc(-c4ccccc4)cc(-c4ccccc4)c3)c3ccc4oc5c6ccccc6ccc5c4c3-c3nc4ccccc4o3)cc2)cc1. The van der Waals surface area contributed by atoms with Crippen LogP contribution in [0.2, 0.25) is 0 Å². The zero-order valence-corrected chi connectivity index (χ0v) is 30.8. The fraction of sp³-hybridized carbons (Fsp3) is 0. The lowest BCUT2D eigenvalue weighted by Crippen LogP contribution is -2.12. The highest BCUT2D eigenvalue weighted by Crippen LogP contribution is 2.49. The zero-order chi connectivity index (χ0) is 37.7. The first-order chi connectivity index (χ1) is 28.2. The van der Waals surface area contributed by atoms with Gasteiger partial charge in [-0.15, -0.1) is 0 Å². The first-order valence-corrected chi connectivity index (χ1v) is 19.2. The predicted octanol–water partition coefficient (Wildman–Crippen LogP) is 15.0. The molecule has 0 fully saturated rings. The molecule has 4 heteroatoms. The van der Waals surface area contributed by atoms with E-state index in [1.807, 2.05) is 24.3 Å². The lowest BCUT2D eigenvalue weighted by Gasteiger charge is -2.29. The van der Waals surface area contributed by atoms with Gasteiger partial charge in [0.15, 0.2) is 5.58 Å². The highest BCUT2D eigenvalue weighted by molar-refractivity contribution is 6.21. The molecular formula is C53H34N2O2. The molecule has 0 spiro atoms. The maximum absolute atomic E-state index is 6.78. The first kappa shape index (κ1) is 32.7. The van der Waals surface area contributed by atoms with Gasteiger partial charge in [-0.25, -0.2) is 4.98 Å². The first-order valence-electron chi connectivity index (χ1n) is 19.2. The molecule has 2 heterocycles. The molecule has 9 aromatic carbocycles. The van der Waals surface area contributed by atoms with E-state index in [0.29, 0.717) is 5.89 Å². The monoisotopic (exact) mass is 730 g/mol. The van der Waals surface area contributed by atoms with Crippen LogP contribution in [-0.4, -0.2) is 4.98 Å². The summed E-state index contributed by atoms with van der Waals surface area (Å²) in [5.41, 5.74) is 13.7. The average molecular weight is 731 g/mol. The summed E-state index contributed by atoms with van der Waals surface area (Å²) in [4.78, 5) is 7.51. The van der Waals surface area contributed by atoms with Gasteiger partial charge in [0, 0.05) is 27.5 Å². The Morgan fingerprint density at radius 1 is 0.386 bits per heavy atom. The van der Waals surface area contributed by atoms with E-state index in [-0.39, 0.29) is 0 Å². The van der Waals surface area contributed by atoms with E-state index in [0.717, 1.165) is 94.3 Å². The molecule has 2 aromatic heterocycles. The molecule has 11 rings (SSSR count). The van der Waals surface area contributed by atoms with Crippen molar-refractivity contribution < 1.29 is 8.83 Å². The molecule has 0 unspecified atom stereocenters. The van der Waals surface area contributed by atoms with Gasteiger partial charge in [-0.2, -0.15) is 0 Å². The number of para-hydroxylation sites is 2. The summed E-state index contributed by atoms with van der Waals surface area (Å²) in [6.07, 6.45) is 0. The third-order valence-electron chi connectivity index (χ3n) is 10.9. The third-order valence-corrected chi connectivity index (χ3v) is 10.9. The summed E-state index contributed by atoms with van der Waals surface area (Å²) in [6, 6.07) is 72.3. The van der Waals surface area contributed by atoms with Crippen molar-refractivity contribution in [1.82, 2.24) is 4.98 Å². The van der Waals surface area contributed by atoms with E-state index < -0.39 is 0 Å². The van der Waals surface area contributed by atoms with E-state index in [9.17, 15) is 0 Å². The molecule has 0 N–H and O–H groups in total. The number of furan rings is 1. The van der Waals surface area contributed by atoms with Crippen LogP contribution in [0, 0.1) is 0 Å². The molecule has 0 radical (unpaired) electrons. The quantitative estimate of drug-likeness (QED) is 0.164. The largest absolute Gasteiger partial charge is 0.455 e. The van der Waals surface area contributed by atoms with Crippen molar-refractivity contribution in [2.75, 3.05) is 4.90 Å². The number of fused-ring (bicyclic) bond motifs is 6. The predicted molar refractivity (Wildman–Crippen MR) is 235 cm³/mol. The molecule has 11 aromatic rings. The summed E-state index contributed by atoms with van der Waals surface area (Å²) in [5, 5.41) is 4.14. The van der Waals surface area contributed by atoms with Crippen molar-refractivity contribution in [1.29, 1.82) is 0 Å². The maximum Gasteiger partial charge on any atom is 0.230 e. The molecule has 0 aliphatic heterocycles. The van der Waals surface area contributed by atoms with Crippen LogP contribution >= 0.6 is 0 Å². The van der Waals surface area contributed by atoms with Gasteiger partial charge < -0.3 is 13.7 Å². The van der Waals surface area contributed by atoms with Gasteiger partial charge in [-0.05, 0) is 99.4 Å². The van der Waals surface area contributed by atoms with Crippen LogP contribution in [0.15, 0.2) is 215 Å². The fourth-order valence-corrected chi connectivity index (χ4v) is 8.16. The van der Waals surface area contributed by atoms with Gasteiger partial charge in [0.2, 0.25) is 5.89 Å². The number of aromatic nitrogens is 1. The number of benzene rings is 9. The molecule has 0 saturated carbocycles. The zero-order valence-electron chi connectivity index (χ0n) is 30.8. The van der Waals surface area contributed by atoms with Gasteiger partial charge in [-0.3, -0.25) is 0 Å². The smallest absolute Gasteiger partial charge is 0.230 e. The fourth-order valence-electron chi connectivity index (χ4n) is 8.16. The molecular weight excluding hydrogens is 697 g/mol. The average Bonchev–Trinajstić information content (AvgIpc) is 3.90. The Morgan fingerprint density at radius 2 is 0.982 bits per heavy atom. The second-order valence-corrected chi connectivity index (χ2v) is 14.3. The molecule has 0 amide bonds. The highest BCUT2D eigenvalue weighted by Gasteiger charge is 2.27. The Labute approximate surface area is 329 Å². The second-order valence-electron chi connectivity index (χ2n) is 14.3. The Balaban J connectivity index is 1.24. The van der Waals surface area contributed by atoms with Gasteiger partial charge in [0.1, 0.15) is 16.7 Å². The van der Waals surface area contributed by atoms with Crippen LogP contribution < -0.4 is 4.90 Å². The minimum atomic E-state index is 0.529. The number of rotatable bonds is 7. The third kappa shape index (κ3) is 5.74. The van der Waals surface area contributed by atoms with Crippen LogP contribution in [0.1, 0.15) is 0 Å². The normalized spacial score (nSPS) is 11.5. The van der Waals surface area contributed by atoms with E-state index in [1.54, 1.807) is 0 Å². The highest BCUT2D eigenvalue weighted by atomic mass is 16.3. The standard InChI is InChI=1S/C53H34N2O2/c1-4-14-35(15-5-1)38-24-27-42(28-25-38)55(43-33-40(36-16-6-2-7-17-36)32-41(34-43)37-18-8-3-9-19-37)47-30-31-49-50(51(47)53-54-46-22-12-13-23-48(46)57-53)45-29-26-39-20-10-11-21-44(39)52(45)56-49/h1-34H. The van der Waals surface area contributed by atoms with E-state index in [1.165, 1.54) is 5.56 Å². The molecule has 0 aliphatic rings. The van der Waals surface area contributed by atoms with Gasteiger partial charge in [-0.1, -0.05) is 146 Å². The molecule has 4 nitrogen and oxygen atoms in total. The van der Waals surface area contributed by atoms with Crippen LogP contribution in [0.5, 0.6) is 0 Å². The van der Waals surface area contributed by atoms with Crippen LogP contribution in [-0.2, 0) is 0 Å². The molecule has 268 valence electrons.